The zero-order valence-corrected chi connectivity index (χ0v) is 15.8. The first-order valence-electron chi connectivity index (χ1n) is 9.00. The van der Waals surface area contributed by atoms with E-state index in [1.165, 1.54) is 0 Å². The van der Waals surface area contributed by atoms with Crippen LogP contribution in [0.1, 0.15) is 43.7 Å². The molecular formula is C18H25N3O4S. The number of hydrogen-bond acceptors (Lipinski definition) is 5. The van der Waals surface area contributed by atoms with Crippen LogP contribution >= 0.6 is 0 Å². The minimum absolute atomic E-state index is 0.0229. The Morgan fingerprint density at radius 1 is 1.42 bits per heavy atom. The summed E-state index contributed by atoms with van der Waals surface area (Å²) in [6.07, 6.45) is 3.41. The van der Waals surface area contributed by atoms with Crippen molar-refractivity contribution >= 4 is 21.8 Å². The van der Waals surface area contributed by atoms with E-state index in [0.717, 1.165) is 25.8 Å². The van der Waals surface area contributed by atoms with Gasteiger partial charge < -0.3 is 15.4 Å². The predicted octanol–water partition coefficient (Wildman–Crippen LogP) is 1.65. The Kier molecular flexibility index (Phi) is 5.50. The fourth-order valence-electron chi connectivity index (χ4n) is 3.54. The maximum absolute atomic E-state index is 12.1. The molecule has 8 heteroatoms. The van der Waals surface area contributed by atoms with E-state index in [-0.39, 0.29) is 23.4 Å². The van der Waals surface area contributed by atoms with Crippen LogP contribution in [0.3, 0.4) is 0 Å². The summed E-state index contributed by atoms with van der Waals surface area (Å²) in [4.78, 5) is 14.0. The molecule has 2 aliphatic heterocycles. The molecule has 7 nitrogen and oxygen atoms in total. The fourth-order valence-corrected chi connectivity index (χ4v) is 4.63. The second-order valence-electron chi connectivity index (χ2n) is 6.90. The summed E-state index contributed by atoms with van der Waals surface area (Å²) in [5.74, 6) is 0.825. The minimum atomic E-state index is -3.56. The summed E-state index contributed by atoms with van der Waals surface area (Å²) >= 11 is 0. The molecule has 3 rings (SSSR count). The topological polar surface area (TPSA) is 102 Å². The van der Waals surface area contributed by atoms with Gasteiger partial charge in [0.05, 0.1) is 17.9 Å². The molecule has 2 N–H and O–H groups in total. The zero-order valence-electron chi connectivity index (χ0n) is 15.0. The van der Waals surface area contributed by atoms with Crippen LogP contribution < -0.4 is 10.5 Å². The monoisotopic (exact) mass is 379 g/mol. The third kappa shape index (κ3) is 4.17. The largest absolute Gasteiger partial charge is 0.492 e. The maximum Gasteiger partial charge on any atom is 0.259 e. The van der Waals surface area contributed by atoms with Crippen molar-refractivity contribution in [3.63, 3.8) is 0 Å². The van der Waals surface area contributed by atoms with Gasteiger partial charge in [0.25, 0.3) is 10.0 Å². The number of carbonyl (C=O) groups is 1. The van der Waals surface area contributed by atoms with Gasteiger partial charge in [-0.15, -0.1) is 4.40 Å². The van der Waals surface area contributed by atoms with Crippen LogP contribution in [0.5, 0.6) is 5.75 Å². The first-order chi connectivity index (χ1) is 12.4. The quantitative estimate of drug-likeness (QED) is 0.838. The number of benzene rings is 1. The molecule has 0 aliphatic carbocycles. The van der Waals surface area contributed by atoms with E-state index in [2.05, 4.69) is 4.40 Å². The third-order valence-electron chi connectivity index (χ3n) is 4.75. The van der Waals surface area contributed by atoms with Gasteiger partial charge in [-0.2, -0.15) is 0 Å². The van der Waals surface area contributed by atoms with E-state index >= 15 is 0 Å². The van der Waals surface area contributed by atoms with Gasteiger partial charge >= 0.3 is 0 Å². The molecule has 1 aromatic rings. The van der Waals surface area contributed by atoms with Gasteiger partial charge in [0.2, 0.25) is 5.91 Å². The van der Waals surface area contributed by atoms with Crippen molar-refractivity contribution in [2.24, 2.45) is 16.0 Å². The fraction of sp³-hybridized carbons (Fsp3) is 0.556. The lowest BCUT2D eigenvalue weighted by atomic mass is 9.98. The van der Waals surface area contributed by atoms with Gasteiger partial charge in [-0.1, -0.05) is 19.1 Å². The maximum atomic E-state index is 12.1. The highest BCUT2D eigenvalue weighted by Crippen LogP contribution is 2.29. The van der Waals surface area contributed by atoms with Crippen molar-refractivity contribution in [1.29, 1.82) is 0 Å². The minimum Gasteiger partial charge on any atom is -0.492 e. The highest BCUT2D eigenvalue weighted by molar-refractivity contribution is 7.89. The van der Waals surface area contributed by atoms with Gasteiger partial charge in [-0.3, -0.25) is 4.79 Å². The van der Waals surface area contributed by atoms with Crippen molar-refractivity contribution in [2.75, 3.05) is 19.7 Å². The van der Waals surface area contributed by atoms with Gasteiger partial charge in [0.1, 0.15) is 11.6 Å². The number of hydrogen-bond donors (Lipinski definition) is 1. The normalized spacial score (nSPS) is 21.7. The van der Waals surface area contributed by atoms with E-state index in [9.17, 15) is 13.2 Å². The number of rotatable bonds is 5. The van der Waals surface area contributed by atoms with Crippen LogP contribution in [0.25, 0.3) is 0 Å². The molecule has 1 atom stereocenters. The van der Waals surface area contributed by atoms with Crippen LogP contribution in [-0.4, -0.2) is 44.8 Å². The van der Waals surface area contributed by atoms with Gasteiger partial charge in [-0.25, -0.2) is 8.42 Å². The van der Waals surface area contributed by atoms with Gasteiger partial charge in [0.15, 0.2) is 0 Å². The molecule has 0 radical (unpaired) electrons. The standard InChI is InChI=1S/C18H25N3O4S/c1-2-5-16(22)21-9-4-6-13(10-21)11-25-15-8-3-7-14-12-26(23,24)20-18(19)17(14)15/h3,7-8,13H,2,4-6,9-12H2,1H3,(H2,19,20)/t13-/m0/s1. The highest BCUT2D eigenvalue weighted by atomic mass is 32.2. The molecule has 1 saturated heterocycles. The number of sulfonamides is 1. The third-order valence-corrected chi connectivity index (χ3v) is 5.90. The van der Waals surface area contributed by atoms with Gasteiger partial charge in [-0.05, 0) is 30.9 Å². The lowest BCUT2D eigenvalue weighted by Crippen LogP contribution is -2.41. The van der Waals surface area contributed by atoms with E-state index < -0.39 is 10.0 Å². The molecule has 2 aliphatic rings. The molecule has 1 amide bonds. The number of amidine groups is 1. The van der Waals surface area contributed by atoms with Crippen LogP contribution in [0, 0.1) is 5.92 Å². The molecule has 0 saturated carbocycles. The van der Waals surface area contributed by atoms with Crippen LogP contribution in [0.2, 0.25) is 0 Å². The molecule has 0 bridgehead atoms. The molecule has 0 unspecified atom stereocenters. The van der Waals surface area contributed by atoms with E-state index in [1.807, 2.05) is 11.8 Å². The number of nitrogens with zero attached hydrogens (tertiary/aromatic N) is 2. The predicted molar refractivity (Wildman–Crippen MR) is 99.5 cm³/mol. The number of ether oxygens (including phenoxy) is 1. The molecule has 142 valence electrons. The Bertz CT molecular complexity index is 820. The molecule has 0 spiro atoms. The second kappa shape index (κ2) is 7.65. The van der Waals surface area contributed by atoms with Crippen molar-refractivity contribution in [3.05, 3.63) is 29.3 Å². The average molecular weight is 379 g/mol. The summed E-state index contributed by atoms with van der Waals surface area (Å²) in [6.45, 7) is 3.98. The van der Waals surface area contributed by atoms with Crippen LogP contribution in [0.4, 0.5) is 0 Å². The molecule has 26 heavy (non-hydrogen) atoms. The number of amides is 1. The van der Waals surface area contributed by atoms with Crippen LogP contribution in [0.15, 0.2) is 22.6 Å². The van der Waals surface area contributed by atoms with Gasteiger partial charge in [0, 0.05) is 25.4 Å². The van der Waals surface area contributed by atoms with E-state index in [0.29, 0.717) is 36.4 Å². The summed E-state index contributed by atoms with van der Waals surface area (Å²) in [5, 5.41) is 0. The highest BCUT2D eigenvalue weighted by Gasteiger charge is 2.27. The Balaban J connectivity index is 1.69. The smallest absolute Gasteiger partial charge is 0.259 e. The molecule has 2 heterocycles. The lowest BCUT2D eigenvalue weighted by molar-refractivity contribution is -0.133. The Hall–Kier alpha value is -2.09. The average Bonchev–Trinajstić information content (AvgIpc) is 2.59. The number of likely N-dealkylation sites (tertiary alicyclic amines) is 1. The Morgan fingerprint density at radius 2 is 2.23 bits per heavy atom. The zero-order chi connectivity index (χ0) is 18.7. The Labute approximate surface area is 154 Å². The summed E-state index contributed by atoms with van der Waals surface area (Å²) < 4.78 is 33.1. The number of fused-ring (bicyclic) bond motifs is 1. The molecule has 1 fully saturated rings. The van der Waals surface area contributed by atoms with Crippen molar-refractivity contribution < 1.29 is 17.9 Å². The summed E-state index contributed by atoms with van der Waals surface area (Å²) in [7, 11) is -3.56. The lowest BCUT2D eigenvalue weighted by Gasteiger charge is -2.33. The summed E-state index contributed by atoms with van der Waals surface area (Å²) in [6, 6.07) is 5.27. The SMILES string of the molecule is CCCC(=O)N1CCC[C@H](COc2cccc3c2C(N)=NS(=O)(=O)C3)C1. The van der Waals surface area contributed by atoms with Crippen molar-refractivity contribution in [1.82, 2.24) is 4.90 Å². The molecule has 0 aromatic heterocycles. The van der Waals surface area contributed by atoms with E-state index in [4.69, 9.17) is 10.5 Å². The Morgan fingerprint density at radius 3 is 3.00 bits per heavy atom. The second-order valence-corrected chi connectivity index (χ2v) is 8.54. The summed E-state index contributed by atoms with van der Waals surface area (Å²) in [5.41, 5.74) is 7.04. The number of carbonyl (C=O) groups excluding carboxylic acids is 1. The van der Waals surface area contributed by atoms with Crippen molar-refractivity contribution in [2.45, 2.75) is 38.4 Å². The first-order valence-corrected chi connectivity index (χ1v) is 10.6. The molecule has 1 aromatic carbocycles. The number of nitrogens with two attached hydrogens (primary N) is 1. The number of piperidine rings is 1. The van der Waals surface area contributed by atoms with Crippen LogP contribution in [-0.2, 0) is 20.6 Å². The molecular weight excluding hydrogens is 354 g/mol. The van der Waals surface area contributed by atoms with E-state index in [1.54, 1.807) is 18.2 Å². The first kappa shape index (κ1) is 18.7. The van der Waals surface area contributed by atoms with Crippen molar-refractivity contribution in [3.8, 4) is 5.75 Å².